The minimum absolute atomic E-state index is 0.924. The molecule has 0 atom stereocenters. The number of hydrogen-bond acceptors (Lipinski definition) is 0. The number of nitrogens with zero attached hydrogens (tertiary/aromatic N) is 2. The van der Waals surface area contributed by atoms with E-state index in [0.717, 1.165) is 32.2 Å². The Hall–Kier alpha value is -4.82. The third-order valence-corrected chi connectivity index (χ3v) is 10.9. The summed E-state index contributed by atoms with van der Waals surface area (Å²) in [6.07, 6.45) is 13.6. The highest BCUT2D eigenvalue weighted by atomic mass is 15.0. The molecular weight excluding hydrogens is 605 g/mol. The largest absolute Gasteiger partial charge is 0.220 e. The Balaban J connectivity index is 1.35. The van der Waals surface area contributed by atoms with E-state index in [0.29, 0.717) is 0 Å². The second kappa shape index (κ2) is 15.0. The fraction of sp³-hybridized carbons (Fsp3) is 0.292. The first-order valence-corrected chi connectivity index (χ1v) is 19.0. The lowest BCUT2D eigenvalue weighted by molar-refractivity contribution is -0.685. The van der Waals surface area contributed by atoms with Crippen LogP contribution in [0.2, 0.25) is 0 Å². The van der Waals surface area contributed by atoms with Crippen molar-refractivity contribution in [3.63, 3.8) is 0 Å². The van der Waals surface area contributed by atoms with Crippen LogP contribution in [0.1, 0.15) is 74.3 Å². The molecule has 0 radical (unpaired) electrons. The van der Waals surface area contributed by atoms with E-state index in [1.807, 2.05) is 0 Å². The predicted octanol–water partition coefficient (Wildman–Crippen LogP) is 11.4. The number of unbranched alkanes of at least 4 members (excludes halogenated alkanes) is 2. The summed E-state index contributed by atoms with van der Waals surface area (Å²) in [5, 5.41) is 8.03. The molecule has 2 heterocycles. The van der Waals surface area contributed by atoms with Crippen molar-refractivity contribution in [2.75, 3.05) is 0 Å². The average Bonchev–Trinajstić information content (AvgIpc) is 3.15. The van der Waals surface area contributed by atoms with E-state index in [4.69, 9.17) is 0 Å². The second-order valence-corrected chi connectivity index (χ2v) is 14.2. The number of aryl methyl sites for hydroxylation is 6. The van der Waals surface area contributed by atoms with Gasteiger partial charge >= 0.3 is 0 Å². The summed E-state index contributed by atoms with van der Waals surface area (Å²) in [5.41, 5.74) is 12.5. The highest BCUT2D eigenvalue weighted by Gasteiger charge is 2.23. The van der Waals surface area contributed by atoms with Gasteiger partial charge in [-0.1, -0.05) is 94.3 Å². The van der Waals surface area contributed by atoms with Crippen molar-refractivity contribution >= 4 is 32.3 Å². The Morgan fingerprint density at radius 2 is 1.22 bits per heavy atom. The SMILES string of the molecule is CCCCc1cc2ccc3c4cc[n+](C)c(-c5cccc(CCCC)c5CC[n+]5ccccc5-c5ccccc5CC)c4ccc3c2cc1C. The van der Waals surface area contributed by atoms with Gasteiger partial charge in [0.25, 0.3) is 0 Å². The van der Waals surface area contributed by atoms with E-state index in [1.54, 1.807) is 0 Å². The molecule has 0 spiro atoms. The molecule has 0 aliphatic heterocycles. The molecule has 0 bridgehead atoms. The van der Waals surface area contributed by atoms with Crippen molar-refractivity contribution in [1.29, 1.82) is 0 Å². The van der Waals surface area contributed by atoms with Gasteiger partial charge in [-0.05, 0) is 113 Å². The molecule has 0 N–H and O–H groups in total. The van der Waals surface area contributed by atoms with Crippen LogP contribution in [0.5, 0.6) is 0 Å². The van der Waals surface area contributed by atoms with E-state index in [9.17, 15) is 0 Å². The zero-order chi connectivity index (χ0) is 34.6. The Bertz CT molecular complexity index is 2310. The van der Waals surface area contributed by atoms with Gasteiger partial charge in [0.2, 0.25) is 11.4 Å². The first-order chi connectivity index (χ1) is 24.5. The lowest BCUT2D eigenvalue weighted by Gasteiger charge is -2.16. The first-order valence-electron chi connectivity index (χ1n) is 19.0. The molecule has 0 aliphatic carbocycles. The molecule has 0 unspecified atom stereocenters. The van der Waals surface area contributed by atoms with Gasteiger partial charge in [0.05, 0.1) is 10.9 Å². The molecule has 252 valence electrons. The van der Waals surface area contributed by atoms with Crippen LogP contribution >= 0.6 is 0 Å². The van der Waals surface area contributed by atoms with Crippen molar-refractivity contribution in [2.45, 2.75) is 85.6 Å². The fourth-order valence-corrected chi connectivity index (χ4v) is 8.16. The van der Waals surface area contributed by atoms with Crippen LogP contribution in [0.25, 0.3) is 54.8 Å². The van der Waals surface area contributed by atoms with E-state index in [2.05, 4.69) is 159 Å². The summed E-state index contributed by atoms with van der Waals surface area (Å²) < 4.78 is 4.81. The average molecular weight is 657 g/mol. The van der Waals surface area contributed by atoms with Crippen molar-refractivity contribution in [3.05, 3.63) is 143 Å². The number of benzene rings is 5. The highest BCUT2D eigenvalue weighted by molar-refractivity contribution is 6.18. The summed E-state index contributed by atoms with van der Waals surface area (Å²) in [7, 11) is 2.22. The zero-order valence-electron chi connectivity index (χ0n) is 30.7. The lowest BCUT2D eigenvalue weighted by Crippen LogP contribution is -2.37. The van der Waals surface area contributed by atoms with Gasteiger partial charge in [0, 0.05) is 35.6 Å². The molecule has 50 heavy (non-hydrogen) atoms. The van der Waals surface area contributed by atoms with Crippen molar-refractivity contribution in [2.24, 2.45) is 7.05 Å². The lowest BCUT2D eigenvalue weighted by atomic mass is 9.89. The van der Waals surface area contributed by atoms with Gasteiger partial charge in [-0.2, -0.15) is 4.57 Å². The number of aromatic nitrogens is 2. The summed E-state index contributed by atoms with van der Waals surface area (Å²) >= 11 is 0. The molecule has 0 amide bonds. The van der Waals surface area contributed by atoms with E-state index in [1.165, 1.54) is 108 Å². The summed E-state index contributed by atoms with van der Waals surface area (Å²) in [4.78, 5) is 0. The molecule has 7 rings (SSSR count). The van der Waals surface area contributed by atoms with Crippen LogP contribution < -0.4 is 9.13 Å². The van der Waals surface area contributed by atoms with Crippen LogP contribution in [-0.2, 0) is 39.3 Å². The van der Waals surface area contributed by atoms with Crippen LogP contribution in [0.3, 0.4) is 0 Å². The van der Waals surface area contributed by atoms with Crippen LogP contribution in [0.15, 0.2) is 116 Å². The molecule has 2 nitrogen and oxygen atoms in total. The normalized spacial score (nSPS) is 11.6. The summed E-state index contributed by atoms with van der Waals surface area (Å²) in [5.74, 6) is 0. The number of rotatable bonds is 12. The Labute approximate surface area is 299 Å². The molecule has 0 saturated heterocycles. The molecule has 2 heteroatoms. The first kappa shape index (κ1) is 33.7. The van der Waals surface area contributed by atoms with E-state index >= 15 is 0 Å². The summed E-state index contributed by atoms with van der Waals surface area (Å²) in [6, 6.07) is 39.2. The maximum Gasteiger partial charge on any atom is 0.220 e. The quantitative estimate of drug-likeness (QED) is 0.0913. The smallest absolute Gasteiger partial charge is 0.200 e. The molecule has 7 aromatic rings. The van der Waals surface area contributed by atoms with Crippen molar-refractivity contribution in [1.82, 2.24) is 0 Å². The third-order valence-electron chi connectivity index (χ3n) is 10.9. The predicted molar refractivity (Wildman–Crippen MR) is 213 cm³/mol. The maximum atomic E-state index is 2.46. The number of hydrogen-bond donors (Lipinski definition) is 0. The van der Waals surface area contributed by atoms with Crippen LogP contribution in [0.4, 0.5) is 0 Å². The zero-order valence-corrected chi connectivity index (χ0v) is 30.7. The maximum absolute atomic E-state index is 2.46. The van der Waals surface area contributed by atoms with Gasteiger partial charge in [-0.3, -0.25) is 0 Å². The summed E-state index contributed by atoms with van der Waals surface area (Å²) in [6.45, 7) is 10.0. The molecule has 0 fully saturated rings. The Morgan fingerprint density at radius 3 is 2.04 bits per heavy atom. The van der Waals surface area contributed by atoms with Gasteiger partial charge in [0.15, 0.2) is 18.9 Å². The van der Waals surface area contributed by atoms with Gasteiger partial charge in [-0.25, -0.2) is 4.57 Å². The van der Waals surface area contributed by atoms with Crippen LogP contribution in [0, 0.1) is 6.92 Å². The molecule has 5 aromatic carbocycles. The van der Waals surface area contributed by atoms with Crippen molar-refractivity contribution < 1.29 is 9.13 Å². The highest BCUT2D eigenvalue weighted by Crippen LogP contribution is 2.37. The van der Waals surface area contributed by atoms with Gasteiger partial charge in [-0.15, -0.1) is 0 Å². The molecule has 2 aromatic heterocycles. The minimum Gasteiger partial charge on any atom is -0.200 e. The van der Waals surface area contributed by atoms with Gasteiger partial charge in [0.1, 0.15) is 7.05 Å². The van der Waals surface area contributed by atoms with E-state index in [-0.39, 0.29) is 0 Å². The molecular formula is C48H52N2+2. The molecule has 0 saturated carbocycles. The monoisotopic (exact) mass is 656 g/mol. The Kier molecular flexibility index (Phi) is 10.1. The second-order valence-electron chi connectivity index (χ2n) is 14.2. The van der Waals surface area contributed by atoms with Crippen LogP contribution in [-0.4, -0.2) is 0 Å². The number of pyridine rings is 2. The number of fused-ring (bicyclic) bond motifs is 5. The minimum atomic E-state index is 0.924. The van der Waals surface area contributed by atoms with Crippen molar-refractivity contribution in [3.8, 4) is 22.5 Å². The topological polar surface area (TPSA) is 7.76 Å². The molecule has 0 aliphatic rings. The standard InChI is InChI=1S/C48H52N2/c1-6-9-16-36-19-15-21-44(39(36)28-31-50-29-14-13-22-47(50)40-20-12-11-18-35(40)8-3)48-45-26-25-42-41(43(45)27-30-49(48)5)24-23-38-33-37(17-10-7-2)34(4)32-46(38)42/h11-15,18-27,29-30,32-33H,6-10,16-17,28,31H2,1-5H3/q+2. The van der Waals surface area contributed by atoms with E-state index < -0.39 is 0 Å². The van der Waals surface area contributed by atoms with Gasteiger partial charge < -0.3 is 0 Å². The third kappa shape index (κ3) is 6.44. The Morgan fingerprint density at radius 1 is 0.540 bits per heavy atom. The fourth-order valence-electron chi connectivity index (χ4n) is 8.16.